The number of hydrazone groups is 1. The van der Waals surface area contributed by atoms with E-state index in [9.17, 15) is 36.5 Å². The number of aryl methyl sites for hydroxylation is 1. The maximum absolute atomic E-state index is 13.6. The molecule has 206 valence electrons. The van der Waals surface area contributed by atoms with E-state index in [1.54, 1.807) is 0 Å². The van der Waals surface area contributed by atoms with Gasteiger partial charge in [0.25, 0.3) is 21.6 Å². The van der Waals surface area contributed by atoms with Gasteiger partial charge in [0, 0.05) is 22.2 Å². The van der Waals surface area contributed by atoms with E-state index in [0.717, 1.165) is 30.5 Å². The van der Waals surface area contributed by atoms with Crippen LogP contribution in [0.3, 0.4) is 0 Å². The number of anilines is 1. The van der Waals surface area contributed by atoms with Gasteiger partial charge in [0.2, 0.25) is 0 Å². The summed E-state index contributed by atoms with van der Waals surface area (Å²) < 4.78 is 72.7. The molecule has 0 saturated carbocycles. The molecule has 0 fully saturated rings. The van der Waals surface area contributed by atoms with Gasteiger partial charge in [0.1, 0.15) is 12.3 Å². The fourth-order valence-corrected chi connectivity index (χ4v) is 5.05. The summed E-state index contributed by atoms with van der Waals surface area (Å²) in [5.41, 5.74) is 0.243. The van der Waals surface area contributed by atoms with Gasteiger partial charge in [-0.2, -0.15) is 18.3 Å². The van der Waals surface area contributed by atoms with E-state index in [2.05, 4.69) is 5.10 Å². The Labute approximate surface area is 225 Å². The third-order valence-corrected chi connectivity index (χ3v) is 7.31. The number of halogens is 4. The van der Waals surface area contributed by atoms with E-state index in [-0.39, 0.29) is 27.6 Å². The van der Waals surface area contributed by atoms with Crippen molar-refractivity contribution in [1.29, 1.82) is 0 Å². The summed E-state index contributed by atoms with van der Waals surface area (Å²) in [5, 5.41) is 15.0. The predicted octanol–water partition coefficient (Wildman–Crippen LogP) is 4.93. The van der Waals surface area contributed by atoms with E-state index >= 15 is 0 Å². The van der Waals surface area contributed by atoms with Crippen molar-refractivity contribution in [3.05, 3.63) is 92.5 Å². The Bertz CT molecular complexity index is 1550. The van der Waals surface area contributed by atoms with Crippen molar-refractivity contribution in [2.75, 3.05) is 18.0 Å². The molecular formula is C24H20ClF3N4O6S. The number of nitro benzene ring substituents is 1. The number of nitro groups is 1. The van der Waals surface area contributed by atoms with Crippen LogP contribution in [0.4, 0.5) is 24.5 Å². The first-order valence-corrected chi connectivity index (χ1v) is 12.7. The fraction of sp³-hybridized carbons (Fsp3) is 0.167. The molecule has 0 aliphatic carbocycles. The molecule has 0 aliphatic heterocycles. The number of hydrogen-bond acceptors (Lipinski definition) is 7. The molecule has 3 rings (SSSR count). The SMILES string of the molecule is COc1ccc(Cl)cc1N(CC(=O)N/N=C\c1ccccc1C(F)(F)F)S(=O)(=O)c1ccc(C)c([N+](=O)[O-])c1. The van der Waals surface area contributed by atoms with Crippen molar-refractivity contribution in [3.8, 4) is 5.75 Å². The number of carbonyl (C=O) groups is 1. The number of carbonyl (C=O) groups excluding carboxylic acids is 1. The maximum atomic E-state index is 13.6. The molecule has 0 radical (unpaired) electrons. The quantitative estimate of drug-likeness (QED) is 0.216. The number of nitrogens with one attached hydrogen (secondary N) is 1. The highest BCUT2D eigenvalue weighted by Crippen LogP contribution is 2.36. The van der Waals surface area contributed by atoms with E-state index in [0.29, 0.717) is 4.31 Å². The van der Waals surface area contributed by atoms with Gasteiger partial charge in [0.05, 0.1) is 34.4 Å². The zero-order valence-electron chi connectivity index (χ0n) is 20.3. The Morgan fingerprint density at radius 2 is 1.87 bits per heavy atom. The van der Waals surface area contributed by atoms with Crippen molar-refractivity contribution >= 4 is 45.1 Å². The lowest BCUT2D eigenvalue weighted by Gasteiger charge is -2.25. The summed E-state index contributed by atoms with van der Waals surface area (Å²) in [4.78, 5) is 22.9. The highest BCUT2D eigenvalue weighted by Gasteiger charge is 2.33. The summed E-state index contributed by atoms with van der Waals surface area (Å²) in [6, 6.07) is 11.7. The van der Waals surface area contributed by atoms with Gasteiger partial charge in [-0.15, -0.1) is 0 Å². The molecule has 15 heteroatoms. The summed E-state index contributed by atoms with van der Waals surface area (Å²) in [6.07, 6.45) is -3.90. The molecule has 1 N–H and O–H groups in total. The molecule has 39 heavy (non-hydrogen) atoms. The number of sulfonamides is 1. The number of hydrogen-bond donors (Lipinski definition) is 1. The Balaban J connectivity index is 2.00. The van der Waals surface area contributed by atoms with Crippen LogP contribution in [-0.4, -0.2) is 39.1 Å². The molecule has 0 atom stereocenters. The van der Waals surface area contributed by atoms with E-state index in [4.69, 9.17) is 16.3 Å². The van der Waals surface area contributed by atoms with Crippen LogP contribution in [0.2, 0.25) is 5.02 Å². The minimum atomic E-state index is -4.67. The lowest BCUT2D eigenvalue weighted by molar-refractivity contribution is -0.385. The lowest BCUT2D eigenvalue weighted by Crippen LogP contribution is -2.39. The molecule has 0 bridgehead atoms. The topological polar surface area (TPSA) is 131 Å². The van der Waals surface area contributed by atoms with Crippen LogP contribution in [-0.2, 0) is 21.0 Å². The van der Waals surface area contributed by atoms with Crippen molar-refractivity contribution in [2.45, 2.75) is 18.0 Å². The number of alkyl halides is 3. The van der Waals surface area contributed by atoms with Crippen molar-refractivity contribution in [2.24, 2.45) is 5.10 Å². The Hall–Kier alpha value is -4.17. The number of ether oxygens (including phenoxy) is 1. The van der Waals surface area contributed by atoms with Crippen LogP contribution in [0.5, 0.6) is 5.75 Å². The third kappa shape index (κ3) is 6.83. The van der Waals surface area contributed by atoms with Gasteiger partial charge < -0.3 is 4.74 Å². The van der Waals surface area contributed by atoms with Crippen molar-refractivity contribution in [3.63, 3.8) is 0 Å². The minimum Gasteiger partial charge on any atom is -0.495 e. The molecule has 10 nitrogen and oxygen atoms in total. The van der Waals surface area contributed by atoms with Crippen LogP contribution in [0.25, 0.3) is 0 Å². The number of nitrogens with zero attached hydrogens (tertiary/aromatic N) is 3. The highest BCUT2D eigenvalue weighted by atomic mass is 35.5. The van der Waals surface area contributed by atoms with E-state index in [1.807, 2.05) is 5.43 Å². The second-order valence-corrected chi connectivity index (χ2v) is 10.2. The Kier molecular flexibility index (Phi) is 8.81. The van der Waals surface area contributed by atoms with Gasteiger partial charge in [-0.25, -0.2) is 13.8 Å². The van der Waals surface area contributed by atoms with Gasteiger partial charge in [-0.1, -0.05) is 35.9 Å². The molecule has 1 amide bonds. The van der Waals surface area contributed by atoms with Crippen LogP contribution in [0, 0.1) is 17.0 Å². The van der Waals surface area contributed by atoms with E-state index in [1.165, 1.54) is 50.4 Å². The molecule has 0 saturated heterocycles. The molecule has 3 aromatic rings. The average molecular weight is 585 g/mol. The largest absolute Gasteiger partial charge is 0.495 e. The number of rotatable bonds is 9. The average Bonchev–Trinajstić information content (AvgIpc) is 2.86. The molecule has 0 unspecified atom stereocenters. The Morgan fingerprint density at radius 3 is 2.51 bits per heavy atom. The Morgan fingerprint density at radius 1 is 1.18 bits per heavy atom. The summed E-state index contributed by atoms with van der Waals surface area (Å²) >= 11 is 6.06. The standard InChI is InChI=1S/C24H20ClF3N4O6S/c1-15-7-9-18(12-20(15)32(34)35)39(36,37)31(21-11-17(25)8-10-22(21)38-2)14-23(33)30-29-13-16-5-3-4-6-19(16)24(26,27)28/h3-13H,14H2,1-2H3,(H,30,33)/b29-13-. The maximum Gasteiger partial charge on any atom is 0.417 e. The third-order valence-electron chi connectivity index (χ3n) is 5.32. The first-order chi connectivity index (χ1) is 18.3. The molecule has 0 heterocycles. The van der Waals surface area contributed by atoms with Crippen molar-refractivity contribution < 1.29 is 36.0 Å². The molecule has 0 spiro atoms. The zero-order chi connectivity index (χ0) is 29.0. The smallest absolute Gasteiger partial charge is 0.417 e. The molecular weight excluding hydrogens is 565 g/mol. The van der Waals surface area contributed by atoms with Crippen LogP contribution in [0.1, 0.15) is 16.7 Å². The van der Waals surface area contributed by atoms with Gasteiger partial charge in [0.15, 0.2) is 0 Å². The van der Waals surface area contributed by atoms with Crippen LogP contribution in [0.15, 0.2) is 70.7 Å². The minimum absolute atomic E-state index is 0.00000719. The van der Waals surface area contributed by atoms with Gasteiger partial charge in [-0.05, 0) is 37.3 Å². The van der Waals surface area contributed by atoms with Crippen molar-refractivity contribution in [1.82, 2.24) is 5.43 Å². The summed E-state index contributed by atoms with van der Waals surface area (Å²) in [5.74, 6) is -1.04. The normalized spacial score (nSPS) is 11.8. The summed E-state index contributed by atoms with van der Waals surface area (Å²) in [7, 11) is -3.40. The van der Waals surface area contributed by atoms with Crippen LogP contribution < -0.4 is 14.5 Å². The first kappa shape index (κ1) is 29.4. The number of methoxy groups -OCH3 is 1. The zero-order valence-corrected chi connectivity index (χ0v) is 21.8. The second kappa shape index (κ2) is 11.7. The lowest BCUT2D eigenvalue weighted by atomic mass is 10.1. The molecule has 0 aliphatic rings. The molecule has 3 aromatic carbocycles. The van der Waals surface area contributed by atoms with Gasteiger partial charge in [-0.3, -0.25) is 19.2 Å². The monoisotopic (exact) mass is 584 g/mol. The fourth-order valence-electron chi connectivity index (χ4n) is 3.44. The number of benzene rings is 3. The van der Waals surface area contributed by atoms with E-state index < -0.39 is 49.7 Å². The molecule has 0 aromatic heterocycles. The first-order valence-electron chi connectivity index (χ1n) is 10.8. The second-order valence-electron chi connectivity index (χ2n) is 7.91. The van der Waals surface area contributed by atoms with Crippen LogP contribution >= 0.6 is 11.6 Å². The van der Waals surface area contributed by atoms with Gasteiger partial charge >= 0.3 is 6.18 Å². The summed E-state index contributed by atoms with van der Waals surface area (Å²) in [6.45, 7) is 0.494. The predicted molar refractivity (Wildman–Crippen MR) is 138 cm³/mol. The highest BCUT2D eigenvalue weighted by molar-refractivity contribution is 7.92. The number of amides is 1.